The summed E-state index contributed by atoms with van der Waals surface area (Å²) < 4.78 is 5.56. The predicted octanol–water partition coefficient (Wildman–Crippen LogP) is 2.95. The number of aliphatic hydroxyl groups is 1. The van der Waals surface area contributed by atoms with Gasteiger partial charge in [0.15, 0.2) is 11.6 Å². The zero-order chi connectivity index (χ0) is 29.1. The Labute approximate surface area is 228 Å². The van der Waals surface area contributed by atoms with Gasteiger partial charge in [0.2, 0.25) is 5.91 Å². The van der Waals surface area contributed by atoms with E-state index in [-0.39, 0.29) is 43.8 Å². The van der Waals surface area contributed by atoms with Gasteiger partial charge in [-0.25, -0.2) is 4.79 Å². The SMILES string of the molecule is CCC(C)[C@H](NC(=O)CCC(=O)[C@@H]1CC2(O)c3ccccc3NC2N1C(=O)OC(C)(C)C)C(=O)CCC(=O)O. The Hall–Kier alpha value is -3.47. The number of ketones is 2. The van der Waals surface area contributed by atoms with Crippen LogP contribution in [0.25, 0.3) is 0 Å². The average molecular weight is 546 g/mol. The topological polar surface area (TPSA) is 162 Å². The lowest BCUT2D eigenvalue weighted by Gasteiger charge is -2.32. The van der Waals surface area contributed by atoms with Crippen LogP contribution in [0.3, 0.4) is 0 Å². The molecule has 0 spiro atoms. The largest absolute Gasteiger partial charge is 0.481 e. The third-order valence-corrected chi connectivity index (χ3v) is 7.29. The van der Waals surface area contributed by atoms with Crippen molar-refractivity contribution in [1.82, 2.24) is 10.2 Å². The summed E-state index contributed by atoms with van der Waals surface area (Å²) >= 11 is 0. The zero-order valence-corrected chi connectivity index (χ0v) is 23.2. The minimum Gasteiger partial charge on any atom is -0.481 e. The van der Waals surface area contributed by atoms with Crippen LogP contribution < -0.4 is 10.6 Å². The first kappa shape index (κ1) is 30.1. The normalized spacial score (nSPS) is 23.2. The van der Waals surface area contributed by atoms with E-state index in [1.54, 1.807) is 52.0 Å². The number of fused-ring (bicyclic) bond motifs is 3. The second kappa shape index (κ2) is 11.7. The first-order chi connectivity index (χ1) is 18.2. The average Bonchev–Trinajstić information content (AvgIpc) is 3.31. The summed E-state index contributed by atoms with van der Waals surface area (Å²) in [6, 6.07) is 5.20. The molecular weight excluding hydrogens is 506 g/mol. The van der Waals surface area contributed by atoms with Gasteiger partial charge < -0.3 is 25.6 Å². The highest BCUT2D eigenvalue weighted by atomic mass is 16.6. The predicted molar refractivity (Wildman–Crippen MR) is 142 cm³/mol. The Morgan fingerprint density at radius 3 is 2.41 bits per heavy atom. The molecule has 3 rings (SSSR count). The van der Waals surface area contributed by atoms with Crippen molar-refractivity contribution in [3.8, 4) is 0 Å². The number of carbonyl (C=O) groups is 5. The standard InChI is InChI=1S/C28H39N3O8/c1-6-16(2)24(21(33)12-14-23(35)36)30-22(34)13-11-20(32)19-15-28(38)17-9-7-8-10-18(17)29-25(28)31(19)26(37)39-27(3,4)5/h7-10,16,19,24-25,29,38H,6,11-15H2,1-5H3,(H,30,34)(H,35,36)/t16?,19-,24-,25?,28?/m0/s1. The first-order valence-electron chi connectivity index (χ1n) is 13.3. The van der Waals surface area contributed by atoms with E-state index in [0.29, 0.717) is 17.7 Å². The van der Waals surface area contributed by atoms with Crippen LogP contribution in [0.4, 0.5) is 10.5 Å². The molecule has 4 N–H and O–H groups in total. The van der Waals surface area contributed by atoms with Gasteiger partial charge in [-0.3, -0.25) is 24.1 Å². The molecule has 0 aliphatic carbocycles. The zero-order valence-electron chi connectivity index (χ0n) is 23.2. The van der Waals surface area contributed by atoms with E-state index in [1.807, 2.05) is 6.92 Å². The fraction of sp³-hybridized carbons (Fsp3) is 0.607. The molecule has 1 fully saturated rings. The molecule has 0 saturated carbocycles. The molecule has 3 unspecified atom stereocenters. The fourth-order valence-electron chi connectivity index (χ4n) is 5.12. The van der Waals surface area contributed by atoms with Gasteiger partial charge in [0.1, 0.15) is 17.4 Å². The maximum Gasteiger partial charge on any atom is 0.412 e. The molecule has 214 valence electrons. The molecule has 0 aromatic heterocycles. The Kier molecular flexibility index (Phi) is 9.05. The number of para-hydroxylation sites is 1. The van der Waals surface area contributed by atoms with Crippen molar-refractivity contribution in [2.24, 2.45) is 5.92 Å². The molecule has 11 nitrogen and oxygen atoms in total. The van der Waals surface area contributed by atoms with Crippen LogP contribution >= 0.6 is 0 Å². The molecule has 2 aliphatic rings. The maximum absolute atomic E-state index is 13.4. The number of ether oxygens (including phenoxy) is 1. The Balaban J connectivity index is 1.73. The molecule has 39 heavy (non-hydrogen) atoms. The second-order valence-electron chi connectivity index (χ2n) is 11.4. The monoisotopic (exact) mass is 545 g/mol. The lowest BCUT2D eigenvalue weighted by molar-refractivity contribution is -0.139. The second-order valence-corrected chi connectivity index (χ2v) is 11.4. The number of anilines is 1. The van der Waals surface area contributed by atoms with E-state index in [2.05, 4.69) is 10.6 Å². The van der Waals surface area contributed by atoms with Gasteiger partial charge in [-0.2, -0.15) is 0 Å². The Bertz CT molecular complexity index is 1130. The highest BCUT2D eigenvalue weighted by Crippen LogP contribution is 2.49. The van der Waals surface area contributed by atoms with Gasteiger partial charge in [-0.05, 0) is 32.8 Å². The summed E-state index contributed by atoms with van der Waals surface area (Å²) in [6.07, 6.45) is -2.15. The molecule has 1 aromatic carbocycles. The highest BCUT2D eigenvalue weighted by Gasteiger charge is 2.60. The third kappa shape index (κ3) is 6.76. The van der Waals surface area contributed by atoms with Crippen LogP contribution in [-0.2, 0) is 29.5 Å². The van der Waals surface area contributed by atoms with Crippen molar-refractivity contribution in [1.29, 1.82) is 0 Å². The van der Waals surface area contributed by atoms with Gasteiger partial charge in [0.25, 0.3) is 0 Å². The number of nitrogens with one attached hydrogen (secondary N) is 2. The number of hydrogen-bond acceptors (Lipinski definition) is 8. The smallest absolute Gasteiger partial charge is 0.412 e. The van der Waals surface area contributed by atoms with E-state index < -0.39 is 53.2 Å². The number of carbonyl (C=O) groups excluding carboxylic acids is 4. The Morgan fingerprint density at radius 1 is 1.13 bits per heavy atom. The highest BCUT2D eigenvalue weighted by molar-refractivity contribution is 5.94. The molecule has 2 heterocycles. The van der Waals surface area contributed by atoms with Crippen molar-refractivity contribution < 1.29 is 38.9 Å². The molecular formula is C28H39N3O8. The number of hydrogen-bond donors (Lipinski definition) is 4. The van der Waals surface area contributed by atoms with Crippen molar-refractivity contribution in [3.63, 3.8) is 0 Å². The number of rotatable bonds is 11. The number of carboxylic acid groups (broad SMARTS) is 1. The van der Waals surface area contributed by atoms with Gasteiger partial charge >= 0.3 is 12.1 Å². The lowest BCUT2D eigenvalue weighted by atomic mass is 9.89. The van der Waals surface area contributed by atoms with Crippen molar-refractivity contribution in [3.05, 3.63) is 29.8 Å². The van der Waals surface area contributed by atoms with Crippen molar-refractivity contribution in [2.75, 3.05) is 5.32 Å². The van der Waals surface area contributed by atoms with Crippen molar-refractivity contribution in [2.45, 2.75) is 103 Å². The van der Waals surface area contributed by atoms with Crippen LogP contribution in [-0.4, -0.2) is 68.5 Å². The minimum absolute atomic E-state index is 0.0649. The lowest BCUT2D eigenvalue weighted by Crippen LogP contribution is -2.51. The fourth-order valence-corrected chi connectivity index (χ4v) is 5.12. The van der Waals surface area contributed by atoms with Crippen LogP contribution in [0, 0.1) is 5.92 Å². The van der Waals surface area contributed by atoms with Gasteiger partial charge in [-0.15, -0.1) is 0 Å². The van der Waals surface area contributed by atoms with E-state index in [0.717, 1.165) is 0 Å². The summed E-state index contributed by atoms with van der Waals surface area (Å²) in [4.78, 5) is 64.1. The molecule has 1 aromatic rings. The van der Waals surface area contributed by atoms with Gasteiger partial charge in [-0.1, -0.05) is 38.5 Å². The quantitative estimate of drug-likeness (QED) is 0.327. The number of aliphatic carboxylic acids is 1. The van der Waals surface area contributed by atoms with Crippen LogP contribution in [0.15, 0.2) is 24.3 Å². The first-order valence-corrected chi connectivity index (χ1v) is 13.3. The van der Waals surface area contributed by atoms with Gasteiger partial charge in [0, 0.05) is 36.9 Å². The van der Waals surface area contributed by atoms with E-state index in [9.17, 15) is 29.1 Å². The molecule has 2 aliphatic heterocycles. The minimum atomic E-state index is -1.52. The van der Waals surface area contributed by atoms with E-state index in [1.165, 1.54) is 4.90 Å². The Morgan fingerprint density at radius 2 is 1.79 bits per heavy atom. The molecule has 5 atom stereocenters. The van der Waals surface area contributed by atoms with Gasteiger partial charge in [0.05, 0.1) is 18.5 Å². The summed E-state index contributed by atoms with van der Waals surface area (Å²) in [6.45, 7) is 8.76. The summed E-state index contributed by atoms with van der Waals surface area (Å²) in [7, 11) is 0. The summed E-state index contributed by atoms with van der Waals surface area (Å²) in [5, 5.41) is 26.3. The number of Topliss-reactive ketones (excluding diaryl/α,β-unsaturated/α-hetero) is 2. The summed E-state index contributed by atoms with van der Waals surface area (Å²) in [5.41, 5.74) is -1.12. The third-order valence-electron chi connectivity index (χ3n) is 7.29. The number of benzene rings is 1. The molecule has 0 bridgehead atoms. The van der Waals surface area contributed by atoms with Crippen molar-refractivity contribution >= 4 is 35.2 Å². The number of carboxylic acids is 1. The molecule has 0 radical (unpaired) electrons. The van der Waals surface area contributed by atoms with Crippen LogP contribution in [0.5, 0.6) is 0 Å². The number of nitrogens with zero attached hydrogens (tertiary/aromatic N) is 1. The summed E-state index contributed by atoms with van der Waals surface area (Å²) in [5.74, 6) is -2.64. The van der Waals surface area contributed by atoms with Crippen LogP contribution in [0.2, 0.25) is 0 Å². The molecule has 11 heteroatoms. The van der Waals surface area contributed by atoms with E-state index in [4.69, 9.17) is 9.84 Å². The molecule has 2 amide bonds. The molecule has 1 saturated heterocycles. The number of amides is 2. The van der Waals surface area contributed by atoms with Crippen LogP contribution in [0.1, 0.15) is 78.7 Å². The maximum atomic E-state index is 13.4. The van der Waals surface area contributed by atoms with E-state index >= 15 is 0 Å². The number of likely N-dealkylation sites (tertiary alicyclic amines) is 1.